The Bertz CT molecular complexity index is 624. The van der Waals surface area contributed by atoms with Crippen molar-refractivity contribution in [1.82, 2.24) is 10.2 Å². The maximum Gasteiger partial charge on any atom is 0.255 e. The van der Waals surface area contributed by atoms with Crippen LogP contribution in [-0.2, 0) is 11.3 Å². The first-order chi connectivity index (χ1) is 13.0. The van der Waals surface area contributed by atoms with Gasteiger partial charge in [0, 0.05) is 20.1 Å². The van der Waals surface area contributed by atoms with Crippen LogP contribution >= 0.6 is 0 Å². The van der Waals surface area contributed by atoms with Gasteiger partial charge in [0.2, 0.25) is 0 Å². The highest BCUT2D eigenvalue weighted by Crippen LogP contribution is 2.28. The molecule has 150 valence electrons. The Balaban J connectivity index is 1.95. The second-order valence-corrected chi connectivity index (χ2v) is 7.58. The number of carbonyl (C=O) groups is 1. The van der Waals surface area contributed by atoms with E-state index in [-0.39, 0.29) is 6.61 Å². The fourth-order valence-electron chi connectivity index (χ4n) is 3.51. The number of hydrogen-bond acceptors (Lipinski definition) is 3. The molecule has 6 heteroatoms. The van der Waals surface area contributed by atoms with Gasteiger partial charge < -0.3 is 20.7 Å². The van der Waals surface area contributed by atoms with Gasteiger partial charge in [-0.15, -0.1) is 0 Å². The Labute approximate surface area is 163 Å². The number of hydrogen-bond donors (Lipinski definition) is 2. The third kappa shape index (κ3) is 7.49. The molecule has 0 bridgehead atoms. The number of aliphatic imine (C=N–C) groups is 1. The SMILES string of the molecule is CCNC(=NCc1cccc(OCC(N)=O)c1)N(C)CC1CCC(C)CC1. The van der Waals surface area contributed by atoms with Crippen LogP contribution in [0.5, 0.6) is 5.75 Å². The van der Waals surface area contributed by atoms with Gasteiger partial charge in [-0.3, -0.25) is 4.79 Å². The average molecular weight is 375 g/mol. The number of amides is 1. The Morgan fingerprint density at radius 2 is 2.07 bits per heavy atom. The lowest BCUT2D eigenvalue weighted by Gasteiger charge is -2.31. The van der Waals surface area contributed by atoms with E-state index in [0.29, 0.717) is 12.3 Å². The van der Waals surface area contributed by atoms with Crippen molar-refractivity contribution < 1.29 is 9.53 Å². The molecule has 2 rings (SSSR count). The molecular formula is C21H34N4O2. The minimum absolute atomic E-state index is 0.113. The van der Waals surface area contributed by atoms with E-state index in [4.69, 9.17) is 15.5 Å². The molecule has 0 radical (unpaired) electrons. The third-order valence-corrected chi connectivity index (χ3v) is 5.05. The first kappa shape index (κ1) is 21.1. The molecule has 1 aliphatic carbocycles. The zero-order valence-corrected chi connectivity index (χ0v) is 16.9. The van der Waals surface area contributed by atoms with Crippen LogP contribution in [0.15, 0.2) is 29.3 Å². The topological polar surface area (TPSA) is 80.0 Å². The van der Waals surface area contributed by atoms with Gasteiger partial charge in [0.05, 0.1) is 6.54 Å². The number of nitrogens with zero attached hydrogens (tertiary/aromatic N) is 2. The summed E-state index contributed by atoms with van der Waals surface area (Å²) in [4.78, 5) is 17.9. The number of rotatable bonds is 8. The molecule has 6 nitrogen and oxygen atoms in total. The minimum Gasteiger partial charge on any atom is -0.484 e. The second kappa shape index (κ2) is 10.8. The standard InChI is InChI=1S/C21H34N4O2/c1-4-23-21(25(3)14-17-10-8-16(2)9-11-17)24-13-18-6-5-7-19(12-18)27-15-20(22)26/h5-7,12,16-17H,4,8-11,13-15H2,1-3H3,(H2,22,26)(H,23,24). The molecule has 0 aliphatic heterocycles. The first-order valence-electron chi connectivity index (χ1n) is 9.97. The van der Waals surface area contributed by atoms with Crippen LogP contribution < -0.4 is 15.8 Å². The van der Waals surface area contributed by atoms with Crippen LogP contribution in [0.1, 0.15) is 45.1 Å². The number of nitrogens with one attached hydrogen (secondary N) is 1. The molecule has 0 heterocycles. The molecule has 1 amide bonds. The average Bonchev–Trinajstić information content (AvgIpc) is 2.65. The maximum atomic E-state index is 10.9. The summed E-state index contributed by atoms with van der Waals surface area (Å²) < 4.78 is 5.37. The van der Waals surface area contributed by atoms with Gasteiger partial charge in [-0.05, 0) is 49.3 Å². The summed E-state index contributed by atoms with van der Waals surface area (Å²) in [5.74, 6) is 2.71. The van der Waals surface area contributed by atoms with Crippen LogP contribution in [0, 0.1) is 11.8 Å². The third-order valence-electron chi connectivity index (χ3n) is 5.05. The summed E-state index contributed by atoms with van der Waals surface area (Å²) >= 11 is 0. The van der Waals surface area contributed by atoms with E-state index in [2.05, 4.69) is 31.1 Å². The smallest absolute Gasteiger partial charge is 0.255 e. The number of ether oxygens (including phenoxy) is 1. The van der Waals surface area contributed by atoms with E-state index in [0.717, 1.165) is 36.4 Å². The van der Waals surface area contributed by atoms with Crippen LogP contribution in [0.25, 0.3) is 0 Å². The van der Waals surface area contributed by atoms with Gasteiger partial charge >= 0.3 is 0 Å². The van der Waals surface area contributed by atoms with Crippen molar-refractivity contribution >= 4 is 11.9 Å². The van der Waals surface area contributed by atoms with E-state index in [1.807, 2.05) is 24.3 Å². The fraction of sp³-hybridized carbons (Fsp3) is 0.619. The lowest BCUT2D eigenvalue weighted by Crippen LogP contribution is -2.41. The Morgan fingerprint density at radius 1 is 1.33 bits per heavy atom. The van der Waals surface area contributed by atoms with Crippen molar-refractivity contribution in [2.24, 2.45) is 22.6 Å². The highest BCUT2D eigenvalue weighted by molar-refractivity contribution is 5.79. The second-order valence-electron chi connectivity index (χ2n) is 7.58. The summed E-state index contributed by atoms with van der Waals surface area (Å²) in [6, 6.07) is 7.63. The Kier molecular flexibility index (Phi) is 8.43. The van der Waals surface area contributed by atoms with Crippen LogP contribution in [-0.4, -0.2) is 43.5 Å². The van der Waals surface area contributed by atoms with Crippen molar-refractivity contribution in [3.63, 3.8) is 0 Å². The summed E-state index contributed by atoms with van der Waals surface area (Å²) in [5, 5.41) is 3.39. The van der Waals surface area contributed by atoms with Gasteiger partial charge in [-0.1, -0.05) is 31.9 Å². The first-order valence-corrected chi connectivity index (χ1v) is 9.97. The van der Waals surface area contributed by atoms with Gasteiger partial charge in [0.15, 0.2) is 12.6 Å². The molecule has 0 aromatic heterocycles. The normalized spacial score (nSPS) is 20.2. The van der Waals surface area contributed by atoms with Gasteiger partial charge in [0.1, 0.15) is 5.75 Å². The largest absolute Gasteiger partial charge is 0.484 e. The predicted molar refractivity (Wildman–Crippen MR) is 110 cm³/mol. The van der Waals surface area contributed by atoms with Crippen molar-refractivity contribution in [2.45, 2.75) is 46.1 Å². The Hall–Kier alpha value is -2.24. The fourth-order valence-corrected chi connectivity index (χ4v) is 3.51. The molecular weight excluding hydrogens is 340 g/mol. The minimum atomic E-state index is -0.480. The molecule has 3 N–H and O–H groups in total. The van der Waals surface area contributed by atoms with E-state index in [1.54, 1.807) is 0 Å². The highest BCUT2D eigenvalue weighted by Gasteiger charge is 2.20. The summed E-state index contributed by atoms with van der Waals surface area (Å²) in [6.45, 7) is 6.77. The lowest BCUT2D eigenvalue weighted by atomic mass is 9.83. The number of primary amides is 1. The summed E-state index contributed by atoms with van der Waals surface area (Å²) in [6.07, 6.45) is 5.29. The van der Waals surface area contributed by atoms with E-state index >= 15 is 0 Å². The van der Waals surface area contributed by atoms with Crippen LogP contribution in [0.3, 0.4) is 0 Å². The molecule has 0 saturated heterocycles. The predicted octanol–water partition coefficient (Wildman–Crippen LogP) is 2.77. The molecule has 0 unspecified atom stereocenters. The zero-order chi connectivity index (χ0) is 19.6. The van der Waals surface area contributed by atoms with E-state index in [1.165, 1.54) is 25.7 Å². The molecule has 1 fully saturated rings. The summed E-state index contributed by atoms with van der Waals surface area (Å²) in [7, 11) is 2.12. The molecule has 1 aromatic carbocycles. The van der Waals surface area contributed by atoms with Crippen molar-refractivity contribution in [2.75, 3.05) is 26.7 Å². The summed E-state index contributed by atoms with van der Waals surface area (Å²) in [5.41, 5.74) is 6.16. The molecule has 0 atom stereocenters. The highest BCUT2D eigenvalue weighted by atomic mass is 16.5. The molecule has 1 aliphatic rings. The molecule has 1 saturated carbocycles. The molecule has 27 heavy (non-hydrogen) atoms. The van der Waals surface area contributed by atoms with Gasteiger partial charge in [-0.25, -0.2) is 4.99 Å². The van der Waals surface area contributed by atoms with Crippen molar-refractivity contribution in [3.05, 3.63) is 29.8 Å². The maximum absolute atomic E-state index is 10.9. The Morgan fingerprint density at radius 3 is 2.74 bits per heavy atom. The zero-order valence-electron chi connectivity index (χ0n) is 16.9. The van der Waals surface area contributed by atoms with Crippen LogP contribution in [0.4, 0.5) is 0 Å². The van der Waals surface area contributed by atoms with Crippen molar-refractivity contribution in [3.8, 4) is 5.75 Å². The van der Waals surface area contributed by atoms with E-state index in [9.17, 15) is 4.79 Å². The quantitative estimate of drug-likeness (QED) is 0.542. The molecule has 1 aromatic rings. The lowest BCUT2D eigenvalue weighted by molar-refractivity contribution is -0.119. The number of guanidine groups is 1. The van der Waals surface area contributed by atoms with E-state index < -0.39 is 5.91 Å². The molecule has 0 spiro atoms. The van der Waals surface area contributed by atoms with Crippen molar-refractivity contribution in [1.29, 1.82) is 0 Å². The number of nitrogens with two attached hydrogens (primary N) is 1. The monoisotopic (exact) mass is 374 g/mol. The number of carbonyl (C=O) groups excluding carboxylic acids is 1. The number of benzene rings is 1. The van der Waals surface area contributed by atoms with Gasteiger partial charge in [0.25, 0.3) is 5.91 Å². The van der Waals surface area contributed by atoms with Gasteiger partial charge in [-0.2, -0.15) is 0 Å². The van der Waals surface area contributed by atoms with Crippen LogP contribution in [0.2, 0.25) is 0 Å².